The van der Waals surface area contributed by atoms with Gasteiger partial charge in [-0.2, -0.15) is 5.10 Å². The van der Waals surface area contributed by atoms with Crippen LogP contribution < -0.4 is 10.1 Å². The van der Waals surface area contributed by atoms with Gasteiger partial charge in [0.05, 0.1) is 13.3 Å². The van der Waals surface area contributed by atoms with Gasteiger partial charge in [0.25, 0.3) is 0 Å². The highest BCUT2D eigenvalue weighted by Gasteiger charge is 2.11. The lowest BCUT2D eigenvalue weighted by molar-refractivity contribution is 0.414. The summed E-state index contributed by atoms with van der Waals surface area (Å²) in [6.45, 7) is 0. The van der Waals surface area contributed by atoms with Crippen LogP contribution in [0.15, 0.2) is 36.7 Å². The summed E-state index contributed by atoms with van der Waals surface area (Å²) < 4.78 is 6.99. The molecule has 1 heterocycles. The topological polar surface area (TPSA) is 39.1 Å². The fraction of sp³-hybridized carbons (Fsp3) is 0.357. The van der Waals surface area contributed by atoms with Gasteiger partial charge >= 0.3 is 0 Å². The van der Waals surface area contributed by atoms with Crippen LogP contribution in [0.25, 0.3) is 0 Å². The fourth-order valence-corrected chi connectivity index (χ4v) is 2.00. The van der Waals surface area contributed by atoms with E-state index in [-0.39, 0.29) is 6.04 Å². The molecule has 0 amide bonds. The van der Waals surface area contributed by atoms with Crippen molar-refractivity contribution in [3.05, 3.63) is 47.8 Å². The number of methoxy groups -OCH3 is 1. The Balaban J connectivity index is 2.10. The summed E-state index contributed by atoms with van der Waals surface area (Å²) in [6.07, 6.45) is 4.89. The van der Waals surface area contributed by atoms with Gasteiger partial charge in [0.1, 0.15) is 5.75 Å². The lowest BCUT2D eigenvalue weighted by Crippen LogP contribution is -2.18. The maximum atomic E-state index is 5.16. The second-order valence-corrected chi connectivity index (χ2v) is 4.34. The van der Waals surface area contributed by atoms with Gasteiger partial charge in [0.2, 0.25) is 0 Å². The van der Waals surface area contributed by atoms with Crippen LogP contribution in [0.5, 0.6) is 5.75 Å². The molecule has 0 spiro atoms. The van der Waals surface area contributed by atoms with E-state index in [4.69, 9.17) is 4.74 Å². The average Bonchev–Trinajstić information content (AvgIpc) is 2.83. The first kappa shape index (κ1) is 12.6. The molecule has 96 valence electrons. The van der Waals surface area contributed by atoms with Crippen molar-refractivity contribution in [1.82, 2.24) is 15.1 Å². The third kappa shape index (κ3) is 2.90. The molecule has 0 saturated heterocycles. The molecule has 1 atom stereocenters. The Bertz CT molecular complexity index is 490. The highest BCUT2D eigenvalue weighted by molar-refractivity contribution is 5.28. The Morgan fingerprint density at radius 2 is 2.06 bits per heavy atom. The third-order valence-electron chi connectivity index (χ3n) is 3.07. The van der Waals surface area contributed by atoms with Crippen molar-refractivity contribution in [1.29, 1.82) is 0 Å². The second-order valence-electron chi connectivity index (χ2n) is 4.34. The van der Waals surface area contributed by atoms with Gasteiger partial charge in [-0.1, -0.05) is 12.1 Å². The van der Waals surface area contributed by atoms with Gasteiger partial charge < -0.3 is 10.1 Å². The molecule has 0 aliphatic carbocycles. The summed E-state index contributed by atoms with van der Waals surface area (Å²) >= 11 is 0. The molecule has 18 heavy (non-hydrogen) atoms. The minimum absolute atomic E-state index is 0.284. The highest BCUT2D eigenvalue weighted by atomic mass is 16.5. The van der Waals surface area contributed by atoms with Crippen molar-refractivity contribution >= 4 is 0 Å². The minimum atomic E-state index is 0.284. The van der Waals surface area contributed by atoms with Crippen LogP contribution in [0.1, 0.15) is 17.2 Å². The molecular formula is C14H19N3O. The Labute approximate surface area is 108 Å². The normalized spacial score (nSPS) is 12.4. The summed E-state index contributed by atoms with van der Waals surface area (Å²) in [5, 5.41) is 7.54. The number of hydrogen-bond acceptors (Lipinski definition) is 3. The number of nitrogens with zero attached hydrogens (tertiary/aromatic N) is 2. The first-order chi connectivity index (χ1) is 8.72. The van der Waals surface area contributed by atoms with Gasteiger partial charge in [-0.3, -0.25) is 4.68 Å². The van der Waals surface area contributed by atoms with E-state index in [1.165, 1.54) is 11.1 Å². The monoisotopic (exact) mass is 245 g/mol. The Kier molecular flexibility index (Phi) is 3.99. The number of benzene rings is 1. The molecule has 0 aliphatic heterocycles. The predicted octanol–water partition coefficient (Wildman–Crippen LogP) is 1.93. The molecule has 0 bridgehead atoms. The first-order valence-corrected chi connectivity index (χ1v) is 6.01. The van der Waals surface area contributed by atoms with E-state index in [0.29, 0.717) is 0 Å². The van der Waals surface area contributed by atoms with Gasteiger partial charge in [-0.15, -0.1) is 0 Å². The van der Waals surface area contributed by atoms with Crippen molar-refractivity contribution in [2.24, 2.45) is 7.05 Å². The molecule has 1 aromatic heterocycles. The fourth-order valence-electron chi connectivity index (χ4n) is 2.00. The maximum Gasteiger partial charge on any atom is 0.118 e. The molecule has 1 unspecified atom stereocenters. The smallest absolute Gasteiger partial charge is 0.118 e. The van der Waals surface area contributed by atoms with E-state index in [9.17, 15) is 0 Å². The largest absolute Gasteiger partial charge is 0.497 e. The summed E-state index contributed by atoms with van der Waals surface area (Å²) in [5.74, 6) is 0.890. The van der Waals surface area contributed by atoms with Gasteiger partial charge in [0, 0.05) is 24.8 Å². The Hall–Kier alpha value is -1.81. The summed E-state index contributed by atoms with van der Waals surface area (Å²) in [7, 11) is 5.59. The number of nitrogens with one attached hydrogen (secondary N) is 1. The molecule has 0 radical (unpaired) electrons. The molecule has 4 nitrogen and oxygen atoms in total. The van der Waals surface area contributed by atoms with E-state index < -0.39 is 0 Å². The first-order valence-electron chi connectivity index (χ1n) is 6.01. The van der Waals surface area contributed by atoms with E-state index in [1.807, 2.05) is 43.3 Å². The molecule has 2 aromatic rings. The SMILES string of the molecule is CNC(Cc1ccc(OC)cc1)c1cnn(C)c1. The standard InChI is InChI=1S/C14H19N3O/c1-15-14(12-9-16-17(2)10-12)8-11-4-6-13(18-3)7-5-11/h4-7,9-10,14-15H,8H2,1-3H3. The molecule has 0 aliphatic rings. The quantitative estimate of drug-likeness (QED) is 0.875. The van der Waals surface area contributed by atoms with Crippen molar-refractivity contribution in [3.8, 4) is 5.75 Å². The van der Waals surface area contributed by atoms with Crippen LogP contribution in [-0.2, 0) is 13.5 Å². The van der Waals surface area contributed by atoms with Crippen LogP contribution in [0.4, 0.5) is 0 Å². The maximum absolute atomic E-state index is 5.16. The van der Waals surface area contributed by atoms with Crippen LogP contribution in [0, 0.1) is 0 Å². The van der Waals surface area contributed by atoms with Crippen LogP contribution in [0.3, 0.4) is 0 Å². The molecule has 4 heteroatoms. The van der Waals surface area contributed by atoms with Gasteiger partial charge in [-0.25, -0.2) is 0 Å². The second kappa shape index (κ2) is 5.69. The molecule has 1 N–H and O–H groups in total. The summed E-state index contributed by atoms with van der Waals surface area (Å²) in [5.41, 5.74) is 2.48. The number of likely N-dealkylation sites (N-methyl/N-ethyl adjacent to an activating group) is 1. The van der Waals surface area contributed by atoms with E-state index in [1.54, 1.807) is 7.11 Å². The summed E-state index contributed by atoms with van der Waals surface area (Å²) in [4.78, 5) is 0. The lowest BCUT2D eigenvalue weighted by Gasteiger charge is -2.14. The molecular weight excluding hydrogens is 226 g/mol. The van der Waals surface area contributed by atoms with E-state index in [0.717, 1.165) is 12.2 Å². The lowest BCUT2D eigenvalue weighted by atomic mass is 10.0. The zero-order valence-electron chi connectivity index (χ0n) is 11.1. The zero-order valence-corrected chi connectivity index (χ0v) is 11.1. The van der Waals surface area contributed by atoms with E-state index in [2.05, 4.69) is 22.5 Å². The number of ether oxygens (including phenoxy) is 1. The van der Waals surface area contributed by atoms with Crippen molar-refractivity contribution in [3.63, 3.8) is 0 Å². The van der Waals surface area contributed by atoms with Crippen molar-refractivity contribution in [2.45, 2.75) is 12.5 Å². The number of hydrogen-bond donors (Lipinski definition) is 1. The Morgan fingerprint density at radius 1 is 1.33 bits per heavy atom. The van der Waals surface area contributed by atoms with Crippen molar-refractivity contribution < 1.29 is 4.74 Å². The van der Waals surface area contributed by atoms with Gasteiger partial charge in [0.15, 0.2) is 0 Å². The highest BCUT2D eigenvalue weighted by Crippen LogP contribution is 2.19. The molecule has 0 fully saturated rings. The van der Waals surface area contributed by atoms with Crippen LogP contribution in [-0.4, -0.2) is 23.9 Å². The molecule has 1 aromatic carbocycles. The van der Waals surface area contributed by atoms with E-state index >= 15 is 0 Å². The zero-order chi connectivity index (χ0) is 13.0. The number of rotatable bonds is 5. The third-order valence-corrected chi connectivity index (χ3v) is 3.07. The molecule has 2 rings (SSSR count). The number of aromatic nitrogens is 2. The Morgan fingerprint density at radius 3 is 2.56 bits per heavy atom. The molecule has 0 saturated carbocycles. The van der Waals surface area contributed by atoms with Crippen molar-refractivity contribution in [2.75, 3.05) is 14.2 Å². The van der Waals surface area contributed by atoms with Crippen LogP contribution in [0.2, 0.25) is 0 Å². The minimum Gasteiger partial charge on any atom is -0.497 e. The van der Waals surface area contributed by atoms with Gasteiger partial charge in [-0.05, 0) is 31.2 Å². The average molecular weight is 245 g/mol. The predicted molar refractivity (Wildman–Crippen MR) is 71.7 cm³/mol. The number of aryl methyl sites for hydroxylation is 1. The van der Waals surface area contributed by atoms with Crippen LogP contribution >= 0.6 is 0 Å². The summed E-state index contributed by atoms with van der Waals surface area (Å²) in [6, 6.07) is 8.46.